The molecule has 1 heterocycles. The van der Waals surface area contributed by atoms with E-state index >= 15 is 0 Å². The van der Waals surface area contributed by atoms with Gasteiger partial charge in [-0.25, -0.2) is 8.42 Å². The second-order valence-electron chi connectivity index (χ2n) is 2.08. The number of aromatic nitrogens is 1. The molecule has 62 valence electrons. The third-order valence-electron chi connectivity index (χ3n) is 1.13. The third kappa shape index (κ3) is 1.30. The summed E-state index contributed by atoms with van der Waals surface area (Å²) in [5.74, 6) is -0.991. The summed E-state index contributed by atoms with van der Waals surface area (Å²) in [5.41, 5.74) is 0. The lowest BCUT2D eigenvalue weighted by molar-refractivity contribution is 0.409. The van der Waals surface area contributed by atoms with Crippen LogP contribution in [0.5, 0.6) is 11.8 Å². The zero-order valence-corrected chi connectivity index (χ0v) is 6.54. The summed E-state index contributed by atoms with van der Waals surface area (Å²) in [6, 6.07) is 2.19. The summed E-state index contributed by atoms with van der Waals surface area (Å²) in [5, 5.41) is 17.8. The normalized spacial score (nSPS) is 11.7. The maximum atomic E-state index is 10.8. The highest BCUT2D eigenvalue weighted by Crippen LogP contribution is 2.22. The number of rotatable bonds is 1. The van der Waals surface area contributed by atoms with Crippen LogP contribution in [0.1, 0.15) is 0 Å². The second-order valence-corrected chi connectivity index (χ2v) is 3.91. The Morgan fingerprint density at radius 3 is 1.82 bits per heavy atom. The van der Waals surface area contributed by atoms with Crippen LogP contribution in [-0.2, 0) is 10.0 Å². The molecular weight excluding hydrogens is 170 g/mol. The van der Waals surface area contributed by atoms with Crippen LogP contribution >= 0.6 is 0 Å². The maximum absolute atomic E-state index is 10.8. The Bertz CT molecular complexity index is 344. The Kier molecular flexibility index (Phi) is 1.56. The van der Waals surface area contributed by atoms with Crippen molar-refractivity contribution in [2.45, 2.75) is 0 Å². The summed E-state index contributed by atoms with van der Waals surface area (Å²) >= 11 is 0. The van der Waals surface area contributed by atoms with Crippen molar-refractivity contribution in [1.82, 2.24) is 3.97 Å². The average Bonchev–Trinajstić information content (AvgIpc) is 2.08. The van der Waals surface area contributed by atoms with Crippen molar-refractivity contribution in [1.29, 1.82) is 0 Å². The fourth-order valence-electron chi connectivity index (χ4n) is 0.742. The summed E-state index contributed by atoms with van der Waals surface area (Å²) < 4.78 is 22.0. The number of hydrogen-bond donors (Lipinski definition) is 2. The van der Waals surface area contributed by atoms with Gasteiger partial charge >= 0.3 is 0 Å². The molecule has 0 amide bonds. The predicted octanol–water partition coefficient (Wildman–Crippen LogP) is -0.293. The summed E-state index contributed by atoms with van der Waals surface area (Å²) in [7, 11) is -3.60. The van der Waals surface area contributed by atoms with Gasteiger partial charge in [0.2, 0.25) is 21.8 Å². The van der Waals surface area contributed by atoms with Crippen LogP contribution in [0.4, 0.5) is 0 Å². The first-order valence-electron chi connectivity index (χ1n) is 2.73. The molecule has 0 aliphatic rings. The van der Waals surface area contributed by atoms with Crippen LogP contribution in [0, 0.1) is 0 Å². The van der Waals surface area contributed by atoms with E-state index in [1.54, 1.807) is 0 Å². The molecule has 1 aromatic heterocycles. The van der Waals surface area contributed by atoms with Gasteiger partial charge in [0.1, 0.15) is 0 Å². The minimum absolute atomic E-state index is 0.438. The van der Waals surface area contributed by atoms with Gasteiger partial charge in [0.15, 0.2) is 0 Å². The predicted molar refractivity (Wildman–Crippen MR) is 38.0 cm³/mol. The zero-order valence-electron chi connectivity index (χ0n) is 5.72. The first-order valence-corrected chi connectivity index (χ1v) is 4.58. The van der Waals surface area contributed by atoms with E-state index in [9.17, 15) is 8.42 Å². The molecule has 0 aliphatic carbocycles. The molecule has 6 heteroatoms. The largest absolute Gasteiger partial charge is 0.494 e. The van der Waals surface area contributed by atoms with Crippen LogP contribution in [0.3, 0.4) is 0 Å². The van der Waals surface area contributed by atoms with Crippen LogP contribution in [0.25, 0.3) is 0 Å². The highest BCUT2D eigenvalue weighted by molar-refractivity contribution is 7.89. The second kappa shape index (κ2) is 2.16. The van der Waals surface area contributed by atoms with E-state index in [2.05, 4.69) is 0 Å². The lowest BCUT2D eigenvalue weighted by Crippen LogP contribution is -2.08. The van der Waals surface area contributed by atoms with E-state index in [1.807, 2.05) is 0 Å². The molecule has 2 N–H and O–H groups in total. The summed E-state index contributed by atoms with van der Waals surface area (Å²) in [4.78, 5) is 0. The molecule has 0 atom stereocenters. The molecule has 0 saturated carbocycles. The smallest absolute Gasteiger partial charge is 0.241 e. The fourth-order valence-corrected chi connectivity index (χ4v) is 1.54. The fraction of sp³-hybridized carbons (Fsp3) is 0.200. The van der Waals surface area contributed by atoms with Crippen molar-refractivity contribution in [3.63, 3.8) is 0 Å². The van der Waals surface area contributed by atoms with Gasteiger partial charge in [0, 0.05) is 12.1 Å². The first kappa shape index (κ1) is 7.93. The van der Waals surface area contributed by atoms with Gasteiger partial charge in [-0.05, 0) is 0 Å². The maximum Gasteiger partial charge on any atom is 0.241 e. The van der Waals surface area contributed by atoms with E-state index in [-0.39, 0.29) is 0 Å². The number of hydrogen-bond acceptors (Lipinski definition) is 4. The highest BCUT2D eigenvalue weighted by Gasteiger charge is 2.14. The van der Waals surface area contributed by atoms with Gasteiger partial charge in [-0.3, -0.25) is 0 Å². The van der Waals surface area contributed by atoms with Gasteiger partial charge in [0.25, 0.3) is 0 Å². The van der Waals surface area contributed by atoms with Crippen LogP contribution in [0.2, 0.25) is 0 Å². The zero-order chi connectivity index (χ0) is 8.65. The first-order chi connectivity index (χ1) is 4.93. The van der Waals surface area contributed by atoms with E-state index < -0.39 is 21.8 Å². The molecule has 0 saturated heterocycles. The Labute approximate surface area is 63.6 Å². The molecule has 0 radical (unpaired) electrons. The van der Waals surface area contributed by atoms with Gasteiger partial charge in [0.05, 0.1) is 6.26 Å². The molecule has 0 unspecified atom stereocenters. The quantitative estimate of drug-likeness (QED) is 0.617. The van der Waals surface area contributed by atoms with Crippen molar-refractivity contribution in [3.8, 4) is 11.8 Å². The Morgan fingerprint density at radius 1 is 1.27 bits per heavy atom. The minimum atomic E-state index is -3.60. The summed E-state index contributed by atoms with van der Waals surface area (Å²) in [6.07, 6.45) is 0.881. The van der Waals surface area contributed by atoms with Gasteiger partial charge < -0.3 is 10.2 Å². The monoisotopic (exact) mass is 177 g/mol. The minimum Gasteiger partial charge on any atom is -0.494 e. The standard InChI is InChI=1S/C5H7NO4S/c1-11(9,10)6-4(7)2-3-5(6)8/h2-3,7-8H,1H3. The highest BCUT2D eigenvalue weighted by atomic mass is 32.2. The Hall–Kier alpha value is -1.17. The van der Waals surface area contributed by atoms with Gasteiger partial charge in [-0.15, -0.1) is 0 Å². The Balaban J connectivity index is 3.45. The Morgan fingerprint density at radius 2 is 1.64 bits per heavy atom. The lowest BCUT2D eigenvalue weighted by Gasteiger charge is -2.01. The SMILES string of the molecule is CS(=O)(=O)n1c(O)ccc1O. The molecule has 11 heavy (non-hydrogen) atoms. The molecule has 0 bridgehead atoms. The number of aromatic hydroxyl groups is 2. The van der Waals surface area contributed by atoms with Gasteiger partial charge in [-0.2, -0.15) is 3.97 Å². The molecule has 0 aliphatic heterocycles. The van der Waals surface area contributed by atoms with Crippen LogP contribution in [0.15, 0.2) is 12.1 Å². The van der Waals surface area contributed by atoms with E-state index in [0.29, 0.717) is 3.97 Å². The molecule has 1 rings (SSSR count). The van der Waals surface area contributed by atoms with Crippen LogP contribution < -0.4 is 0 Å². The van der Waals surface area contributed by atoms with E-state index in [0.717, 1.165) is 18.4 Å². The van der Waals surface area contributed by atoms with Crippen LogP contribution in [-0.4, -0.2) is 28.9 Å². The molecule has 0 aromatic carbocycles. The van der Waals surface area contributed by atoms with Crippen molar-refractivity contribution in [2.75, 3.05) is 6.26 Å². The molecule has 5 nitrogen and oxygen atoms in total. The number of nitrogens with zero attached hydrogens (tertiary/aromatic N) is 1. The van der Waals surface area contributed by atoms with Crippen molar-refractivity contribution < 1.29 is 18.6 Å². The molecule has 0 fully saturated rings. The van der Waals surface area contributed by atoms with E-state index in [4.69, 9.17) is 10.2 Å². The molecule has 0 spiro atoms. The lowest BCUT2D eigenvalue weighted by atomic mass is 10.6. The molecular formula is C5H7NO4S. The van der Waals surface area contributed by atoms with Crippen molar-refractivity contribution in [2.24, 2.45) is 0 Å². The topological polar surface area (TPSA) is 79.5 Å². The van der Waals surface area contributed by atoms with Crippen molar-refractivity contribution in [3.05, 3.63) is 12.1 Å². The molecule has 1 aromatic rings. The van der Waals surface area contributed by atoms with Crippen molar-refractivity contribution >= 4 is 10.0 Å². The third-order valence-corrected chi connectivity index (χ3v) is 2.17. The average molecular weight is 177 g/mol. The van der Waals surface area contributed by atoms with Gasteiger partial charge in [-0.1, -0.05) is 0 Å². The summed E-state index contributed by atoms with van der Waals surface area (Å²) in [6.45, 7) is 0. The van der Waals surface area contributed by atoms with E-state index in [1.165, 1.54) is 0 Å².